The minimum Gasteiger partial charge on any atom is -0.361 e. The number of carbonyl (C=O) groups is 1. The molecule has 9 heteroatoms. The summed E-state index contributed by atoms with van der Waals surface area (Å²) in [7, 11) is 0. The summed E-state index contributed by atoms with van der Waals surface area (Å²) < 4.78 is 50.5. The van der Waals surface area contributed by atoms with Crippen molar-refractivity contribution >= 4 is 5.91 Å². The maximum atomic E-state index is 13.4. The molecule has 4 rings (SSSR count). The Labute approximate surface area is 157 Å². The first-order chi connectivity index (χ1) is 13.3. The first-order valence-electron chi connectivity index (χ1n) is 8.70. The second kappa shape index (κ2) is 6.81. The molecule has 0 saturated carbocycles. The van der Waals surface area contributed by atoms with Gasteiger partial charge in [-0.1, -0.05) is 10.3 Å². The molecule has 2 aromatic heterocycles. The molecular weight excluding hydrogens is 375 g/mol. The van der Waals surface area contributed by atoms with Crippen LogP contribution in [-0.4, -0.2) is 27.7 Å². The van der Waals surface area contributed by atoms with E-state index in [2.05, 4.69) is 10.3 Å². The van der Waals surface area contributed by atoms with Gasteiger partial charge < -0.3 is 13.9 Å². The molecule has 0 spiro atoms. The standard InChI is InChI=1S/C19H16F3N3O3/c1-9-5-15(24-27-9)19-17-10(2)25(4-3-14(17)23-28-19)16(26)8-11-6-12(20)18(22)13(21)7-11/h5-7,10H,3-4,8H2,1-2H3/t10-/m0/s1. The molecule has 0 unspecified atom stereocenters. The van der Waals surface area contributed by atoms with Crippen LogP contribution in [0.2, 0.25) is 0 Å². The molecule has 3 heterocycles. The predicted molar refractivity (Wildman–Crippen MR) is 90.6 cm³/mol. The van der Waals surface area contributed by atoms with Gasteiger partial charge in [-0.15, -0.1) is 0 Å². The summed E-state index contributed by atoms with van der Waals surface area (Å²) in [4.78, 5) is 14.3. The van der Waals surface area contributed by atoms with Crippen molar-refractivity contribution in [3.8, 4) is 11.5 Å². The largest absolute Gasteiger partial charge is 0.361 e. The average molecular weight is 391 g/mol. The van der Waals surface area contributed by atoms with Crippen molar-refractivity contribution in [1.29, 1.82) is 0 Å². The number of hydrogen-bond donors (Lipinski definition) is 0. The summed E-state index contributed by atoms with van der Waals surface area (Å²) in [6, 6.07) is 2.99. The third-order valence-electron chi connectivity index (χ3n) is 4.86. The fraction of sp³-hybridized carbons (Fsp3) is 0.316. The van der Waals surface area contributed by atoms with E-state index in [-0.39, 0.29) is 23.9 Å². The summed E-state index contributed by atoms with van der Waals surface area (Å²) in [5, 5.41) is 8.00. The van der Waals surface area contributed by atoms with Crippen molar-refractivity contribution in [2.45, 2.75) is 32.7 Å². The molecule has 0 N–H and O–H groups in total. The maximum Gasteiger partial charge on any atom is 0.227 e. The van der Waals surface area contributed by atoms with Crippen LogP contribution in [-0.2, 0) is 17.6 Å². The van der Waals surface area contributed by atoms with E-state index < -0.39 is 17.5 Å². The SMILES string of the molecule is Cc1cc(-c2onc3c2[C@H](C)N(C(=O)Cc2cc(F)c(F)c(F)c2)CC3)no1. The van der Waals surface area contributed by atoms with Crippen LogP contribution in [0, 0.1) is 24.4 Å². The van der Waals surface area contributed by atoms with Crippen LogP contribution in [0.4, 0.5) is 13.2 Å². The highest BCUT2D eigenvalue weighted by molar-refractivity contribution is 5.80. The van der Waals surface area contributed by atoms with Gasteiger partial charge >= 0.3 is 0 Å². The molecule has 0 saturated heterocycles. The quantitative estimate of drug-likeness (QED) is 0.636. The lowest BCUT2D eigenvalue weighted by molar-refractivity contribution is -0.133. The van der Waals surface area contributed by atoms with Gasteiger partial charge in [0.15, 0.2) is 28.9 Å². The predicted octanol–water partition coefficient (Wildman–Crippen LogP) is 3.74. The van der Waals surface area contributed by atoms with Gasteiger partial charge in [-0.25, -0.2) is 13.2 Å². The topological polar surface area (TPSA) is 72.4 Å². The number of amides is 1. The monoisotopic (exact) mass is 391 g/mol. The van der Waals surface area contributed by atoms with E-state index in [0.717, 1.165) is 23.4 Å². The van der Waals surface area contributed by atoms with Crippen LogP contribution < -0.4 is 0 Å². The van der Waals surface area contributed by atoms with Gasteiger partial charge in [0.05, 0.1) is 18.2 Å². The first kappa shape index (κ1) is 18.3. The van der Waals surface area contributed by atoms with Gasteiger partial charge in [-0.05, 0) is 31.5 Å². The van der Waals surface area contributed by atoms with E-state index in [1.54, 1.807) is 17.9 Å². The number of nitrogens with zero attached hydrogens (tertiary/aromatic N) is 3. The molecule has 0 fully saturated rings. The number of fused-ring (bicyclic) bond motifs is 1. The lowest BCUT2D eigenvalue weighted by atomic mass is 9.96. The Morgan fingerprint density at radius 1 is 1.18 bits per heavy atom. The molecule has 3 aromatic rings. The molecule has 1 aliphatic heterocycles. The average Bonchev–Trinajstić information content (AvgIpc) is 3.26. The highest BCUT2D eigenvalue weighted by atomic mass is 19.2. The van der Waals surface area contributed by atoms with Crippen LogP contribution in [0.25, 0.3) is 11.5 Å². The number of carbonyl (C=O) groups excluding carboxylic acids is 1. The fourth-order valence-electron chi connectivity index (χ4n) is 3.50. The highest BCUT2D eigenvalue weighted by Gasteiger charge is 2.34. The molecule has 0 aliphatic carbocycles. The van der Waals surface area contributed by atoms with Gasteiger partial charge in [-0.3, -0.25) is 4.79 Å². The summed E-state index contributed by atoms with van der Waals surface area (Å²) >= 11 is 0. The Bertz CT molecular complexity index is 1040. The lowest BCUT2D eigenvalue weighted by Crippen LogP contribution is -2.39. The van der Waals surface area contributed by atoms with Crippen LogP contribution in [0.15, 0.2) is 27.2 Å². The Kier molecular flexibility index (Phi) is 4.44. The van der Waals surface area contributed by atoms with E-state index in [4.69, 9.17) is 9.05 Å². The lowest BCUT2D eigenvalue weighted by Gasteiger charge is -2.33. The molecule has 146 valence electrons. The maximum absolute atomic E-state index is 13.4. The van der Waals surface area contributed by atoms with E-state index >= 15 is 0 Å². The summed E-state index contributed by atoms with van der Waals surface area (Å²) in [5.74, 6) is -3.50. The van der Waals surface area contributed by atoms with Crippen molar-refractivity contribution in [3.63, 3.8) is 0 Å². The molecule has 0 bridgehead atoms. The Morgan fingerprint density at radius 2 is 1.89 bits per heavy atom. The number of halogens is 3. The second-order valence-corrected chi connectivity index (χ2v) is 6.76. The van der Waals surface area contributed by atoms with E-state index in [1.165, 1.54) is 0 Å². The molecule has 1 amide bonds. The van der Waals surface area contributed by atoms with E-state index in [0.29, 0.717) is 30.2 Å². The van der Waals surface area contributed by atoms with Crippen molar-refractivity contribution in [3.05, 3.63) is 58.2 Å². The minimum atomic E-state index is -1.55. The number of aryl methyl sites for hydroxylation is 1. The zero-order chi connectivity index (χ0) is 20.0. The van der Waals surface area contributed by atoms with Gasteiger partial charge in [-0.2, -0.15) is 0 Å². The van der Waals surface area contributed by atoms with Gasteiger partial charge in [0.2, 0.25) is 5.91 Å². The van der Waals surface area contributed by atoms with Crippen LogP contribution >= 0.6 is 0 Å². The van der Waals surface area contributed by atoms with Crippen molar-refractivity contribution in [2.75, 3.05) is 6.54 Å². The van der Waals surface area contributed by atoms with Crippen molar-refractivity contribution in [2.24, 2.45) is 0 Å². The molecular formula is C19H16F3N3O3. The number of benzene rings is 1. The van der Waals surface area contributed by atoms with Crippen LogP contribution in [0.5, 0.6) is 0 Å². The van der Waals surface area contributed by atoms with Crippen molar-refractivity contribution < 1.29 is 27.0 Å². The summed E-state index contributed by atoms with van der Waals surface area (Å²) in [6.45, 7) is 3.94. The molecule has 28 heavy (non-hydrogen) atoms. The molecule has 6 nitrogen and oxygen atoms in total. The second-order valence-electron chi connectivity index (χ2n) is 6.76. The zero-order valence-corrected chi connectivity index (χ0v) is 15.1. The Balaban J connectivity index is 1.60. The third kappa shape index (κ3) is 3.06. The number of rotatable bonds is 3. The van der Waals surface area contributed by atoms with Gasteiger partial charge in [0.1, 0.15) is 5.76 Å². The van der Waals surface area contributed by atoms with E-state index in [1.807, 2.05) is 6.92 Å². The zero-order valence-electron chi connectivity index (χ0n) is 15.1. The van der Waals surface area contributed by atoms with E-state index in [9.17, 15) is 18.0 Å². The van der Waals surface area contributed by atoms with Gasteiger partial charge in [0, 0.05) is 24.6 Å². The Hall–Kier alpha value is -3.10. The summed E-state index contributed by atoms with van der Waals surface area (Å²) in [6.07, 6.45) is 0.218. The molecule has 1 aliphatic rings. The minimum absolute atomic E-state index is 0.0667. The van der Waals surface area contributed by atoms with Gasteiger partial charge in [0.25, 0.3) is 0 Å². The smallest absolute Gasteiger partial charge is 0.227 e. The van der Waals surface area contributed by atoms with Crippen LogP contribution in [0.1, 0.15) is 35.5 Å². The third-order valence-corrected chi connectivity index (χ3v) is 4.86. The highest BCUT2D eigenvalue weighted by Crippen LogP contribution is 2.37. The first-order valence-corrected chi connectivity index (χ1v) is 8.70. The van der Waals surface area contributed by atoms with Crippen molar-refractivity contribution in [1.82, 2.24) is 15.2 Å². The number of aromatic nitrogens is 2. The molecule has 1 atom stereocenters. The van der Waals surface area contributed by atoms with Crippen LogP contribution in [0.3, 0.4) is 0 Å². The Morgan fingerprint density at radius 3 is 2.54 bits per heavy atom. The number of hydrogen-bond acceptors (Lipinski definition) is 5. The normalized spacial score (nSPS) is 16.3. The molecule has 1 aromatic carbocycles. The molecule has 0 radical (unpaired) electrons. The fourth-order valence-corrected chi connectivity index (χ4v) is 3.50. The summed E-state index contributed by atoms with van der Waals surface area (Å²) in [5.41, 5.74) is 2.00.